The lowest BCUT2D eigenvalue weighted by atomic mass is 10.3. The Morgan fingerprint density at radius 2 is 2.15 bits per heavy atom. The summed E-state index contributed by atoms with van der Waals surface area (Å²) in [5.74, 6) is -0.533. The minimum absolute atomic E-state index is 0.0128. The van der Waals surface area contributed by atoms with Crippen molar-refractivity contribution in [2.75, 3.05) is 30.3 Å². The van der Waals surface area contributed by atoms with Gasteiger partial charge in [-0.2, -0.15) is 0 Å². The molecule has 0 unspecified atom stereocenters. The van der Waals surface area contributed by atoms with E-state index in [1.54, 1.807) is 6.92 Å². The number of hydrogen-bond acceptors (Lipinski definition) is 4. The van der Waals surface area contributed by atoms with Crippen LogP contribution in [-0.4, -0.2) is 40.5 Å². The lowest BCUT2D eigenvalue weighted by Crippen LogP contribution is -2.38. The van der Waals surface area contributed by atoms with Crippen molar-refractivity contribution in [3.63, 3.8) is 0 Å². The Morgan fingerprint density at radius 1 is 1.45 bits per heavy atom. The Balaban J connectivity index is 2.75. The van der Waals surface area contributed by atoms with Crippen LogP contribution >= 0.6 is 0 Å². The average molecular weight is 304 g/mol. The number of benzene rings is 1. The lowest BCUT2D eigenvalue weighted by molar-refractivity contribution is 0.152. The van der Waals surface area contributed by atoms with Gasteiger partial charge in [0.05, 0.1) is 25.1 Å². The zero-order valence-corrected chi connectivity index (χ0v) is 12.1. The molecule has 0 bridgehead atoms. The number of nitrogens with zero attached hydrogens (tertiary/aromatic N) is 1. The average Bonchev–Trinajstić information content (AvgIpc) is 2.33. The molecule has 1 aromatic rings. The number of amides is 1. The van der Waals surface area contributed by atoms with Crippen LogP contribution in [0.4, 0.5) is 14.9 Å². The fourth-order valence-corrected chi connectivity index (χ4v) is 2.48. The summed E-state index contributed by atoms with van der Waals surface area (Å²) >= 11 is 0. The third kappa shape index (κ3) is 5.04. The van der Waals surface area contributed by atoms with Crippen molar-refractivity contribution in [3.05, 3.63) is 30.1 Å². The number of anilines is 1. The molecule has 0 spiro atoms. The van der Waals surface area contributed by atoms with Crippen LogP contribution in [0.25, 0.3) is 0 Å². The molecule has 0 heterocycles. The summed E-state index contributed by atoms with van der Waals surface area (Å²) < 4.78 is 42.2. The third-order valence-corrected chi connectivity index (χ3v) is 3.55. The van der Waals surface area contributed by atoms with E-state index in [2.05, 4.69) is 10.1 Å². The van der Waals surface area contributed by atoms with Gasteiger partial charge in [-0.3, -0.25) is 4.31 Å². The molecule has 1 aromatic carbocycles. The Labute approximate surface area is 117 Å². The number of ether oxygens (including phenoxy) is 1. The third-order valence-electron chi connectivity index (χ3n) is 2.36. The van der Waals surface area contributed by atoms with Crippen molar-refractivity contribution in [2.45, 2.75) is 6.92 Å². The van der Waals surface area contributed by atoms with Crippen LogP contribution in [0.5, 0.6) is 0 Å². The highest BCUT2D eigenvalue weighted by Crippen LogP contribution is 2.17. The predicted molar refractivity (Wildman–Crippen MR) is 73.6 cm³/mol. The number of carbonyl (C=O) groups is 1. The zero-order valence-electron chi connectivity index (χ0n) is 11.3. The Kier molecular flexibility index (Phi) is 5.75. The molecule has 112 valence electrons. The predicted octanol–water partition coefficient (Wildman–Crippen LogP) is 1.34. The fourth-order valence-electron chi connectivity index (χ4n) is 1.56. The molecule has 0 radical (unpaired) electrons. The second kappa shape index (κ2) is 7.09. The first-order valence-electron chi connectivity index (χ1n) is 5.98. The molecular formula is C12H17FN2O4S. The number of sulfonamides is 1. The van der Waals surface area contributed by atoms with Gasteiger partial charge in [0.25, 0.3) is 0 Å². The molecule has 0 saturated heterocycles. The summed E-state index contributed by atoms with van der Waals surface area (Å²) in [6.45, 7) is 1.93. The SMILES string of the molecule is CCOC(=O)NCCN(c1cccc(F)c1)S(C)(=O)=O. The van der Waals surface area contributed by atoms with Crippen LogP contribution in [0.1, 0.15) is 6.92 Å². The van der Waals surface area contributed by atoms with Crippen molar-refractivity contribution in [3.8, 4) is 0 Å². The van der Waals surface area contributed by atoms with Gasteiger partial charge in [0.1, 0.15) is 5.82 Å². The fraction of sp³-hybridized carbons (Fsp3) is 0.417. The lowest BCUT2D eigenvalue weighted by Gasteiger charge is -2.22. The zero-order chi connectivity index (χ0) is 15.2. The molecule has 0 saturated carbocycles. The highest BCUT2D eigenvalue weighted by Gasteiger charge is 2.17. The van der Waals surface area contributed by atoms with Gasteiger partial charge in [-0.15, -0.1) is 0 Å². The van der Waals surface area contributed by atoms with E-state index in [0.29, 0.717) is 0 Å². The molecular weight excluding hydrogens is 287 g/mol. The maximum Gasteiger partial charge on any atom is 0.407 e. The maximum atomic E-state index is 13.2. The number of carbonyl (C=O) groups excluding carboxylic acids is 1. The summed E-state index contributed by atoms with van der Waals surface area (Å²) in [5.41, 5.74) is 0.207. The van der Waals surface area contributed by atoms with Gasteiger partial charge in [0.15, 0.2) is 0 Å². The van der Waals surface area contributed by atoms with Gasteiger partial charge < -0.3 is 10.1 Å². The molecule has 0 atom stereocenters. The van der Waals surface area contributed by atoms with Crippen LogP contribution < -0.4 is 9.62 Å². The summed E-state index contributed by atoms with van der Waals surface area (Å²) in [7, 11) is -3.57. The largest absolute Gasteiger partial charge is 0.450 e. The van der Waals surface area contributed by atoms with E-state index in [4.69, 9.17) is 0 Å². The Hall–Kier alpha value is -1.83. The molecule has 1 amide bonds. The van der Waals surface area contributed by atoms with E-state index >= 15 is 0 Å². The Bertz CT molecular complexity index is 562. The van der Waals surface area contributed by atoms with Gasteiger partial charge in [0, 0.05) is 6.54 Å². The second-order valence-corrected chi connectivity index (χ2v) is 5.87. The van der Waals surface area contributed by atoms with Gasteiger partial charge in [-0.05, 0) is 25.1 Å². The van der Waals surface area contributed by atoms with Crippen LogP contribution in [0.2, 0.25) is 0 Å². The molecule has 8 heteroatoms. The van der Waals surface area contributed by atoms with Gasteiger partial charge in [0.2, 0.25) is 10.0 Å². The minimum Gasteiger partial charge on any atom is -0.450 e. The smallest absolute Gasteiger partial charge is 0.407 e. The molecule has 0 aliphatic carbocycles. The molecule has 20 heavy (non-hydrogen) atoms. The van der Waals surface area contributed by atoms with Crippen LogP contribution in [-0.2, 0) is 14.8 Å². The van der Waals surface area contributed by atoms with Gasteiger partial charge in [-0.1, -0.05) is 6.07 Å². The standard InChI is InChI=1S/C12H17FN2O4S/c1-3-19-12(16)14-7-8-15(20(2,17)18)11-6-4-5-10(13)9-11/h4-6,9H,3,7-8H2,1-2H3,(H,14,16). The van der Waals surface area contributed by atoms with E-state index in [-0.39, 0.29) is 25.4 Å². The molecule has 6 nitrogen and oxygen atoms in total. The molecule has 0 aliphatic heterocycles. The number of rotatable bonds is 6. The molecule has 1 N–H and O–H groups in total. The van der Waals surface area contributed by atoms with E-state index in [9.17, 15) is 17.6 Å². The summed E-state index contributed by atoms with van der Waals surface area (Å²) in [6.07, 6.45) is 0.391. The van der Waals surface area contributed by atoms with E-state index in [1.165, 1.54) is 18.2 Å². The van der Waals surface area contributed by atoms with Crippen LogP contribution in [0.15, 0.2) is 24.3 Å². The van der Waals surface area contributed by atoms with Crippen molar-refractivity contribution in [2.24, 2.45) is 0 Å². The summed E-state index contributed by atoms with van der Waals surface area (Å²) in [5, 5.41) is 2.41. The summed E-state index contributed by atoms with van der Waals surface area (Å²) in [4.78, 5) is 11.1. The van der Waals surface area contributed by atoms with Crippen LogP contribution in [0, 0.1) is 5.82 Å². The quantitative estimate of drug-likeness (QED) is 0.860. The van der Waals surface area contributed by atoms with Crippen molar-refractivity contribution in [1.29, 1.82) is 0 Å². The van der Waals surface area contributed by atoms with Crippen molar-refractivity contribution < 1.29 is 22.3 Å². The highest BCUT2D eigenvalue weighted by atomic mass is 32.2. The van der Waals surface area contributed by atoms with Gasteiger partial charge in [-0.25, -0.2) is 17.6 Å². The maximum absolute atomic E-state index is 13.2. The van der Waals surface area contributed by atoms with Gasteiger partial charge >= 0.3 is 6.09 Å². The first-order chi connectivity index (χ1) is 9.34. The Morgan fingerprint density at radius 3 is 2.70 bits per heavy atom. The molecule has 0 aliphatic rings. The number of nitrogens with one attached hydrogen (secondary N) is 1. The first-order valence-corrected chi connectivity index (χ1v) is 7.83. The topological polar surface area (TPSA) is 75.7 Å². The molecule has 0 fully saturated rings. The summed E-state index contributed by atoms with van der Waals surface area (Å²) in [6, 6.07) is 5.24. The van der Waals surface area contributed by atoms with E-state index in [1.807, 2.05) is 0 Å². The number of hydrogen-bond donors (Lipinski definition) is 1. The number of alkyl carbamates (subject to hydrolysis) is 1. The number of halogens is 1. The molecule has 1 rings (SSSR count). The van der Waals surface area contributed by atoms with E-state index in [0.717, 1.165) is 16.6 Å². The van der Waals surface area contributed by atoms with Crippen molar-refractivity contribution in [1.82, 2.24) is 5.32 Å². The first kappa shape index (κ1) is 16.2. The van der Waals surface area contributed by atoms with Crippen molar-refractivity contribution >= 4 is 21.8 Å². The normalized spacial score (nSPS) is 10.9. The van der Waals surface area contributed by atoms with Crippen LogP contribution in [0.3, 0.4) is 0 Å². The monoisotopic (exact) mass is 304 g/mol. The molecule has 0 aromatic heterocycles. The minimum atomic E-state index is -3.57. The highest BCUT2D eigenvalue weighted by molar-refractivity contribution is 7.92. The van der Waals surface area contributed by atoms with E-state index < -0.39 is 21.9 Å². The second-order valence-electron chi connectivity index (χ2n) is 3.96.